The molecule has 1 aliphatic carbocycles. The second-order valence-electron chi connectivity index (χ2n) is 11.1. The molecule has 1 spiro atoms. The van der Waals surface area contributed by atoms with Crippen molar-refractivity contribution in [2.75, 3.05) is 18.5 Å². The summed E-state index contributed by atoms with van der Waals surface area (Å²) < 4.78 is 0.839. The third-order valence-electron chi connectivity index (χ3n) is 10.2. The van der Waals surface area contributed by atoms with Crippen LogP contribution in [-0.2, 0) is 5.41 Å². The molecule has 4 nitrogen and oxygen atoms in total. The van der Waals surface area contributed by atoms with E-state index in [1.807, 2.05) is 0 Å². The number of hydrogen-bond acceptors (Lipinski definition) is 3. The first kappa shape index (κ1) is 19.3. The summed E-state index contributed by atoms with van der Waals surface area (Å²) in [5, 5.41) is 23.9. The van der Waals surface area contributed by atoms with Crippen LogP contribution in [0.25, 0.3) is 0 Å². The minimum absolute atomic E-state index is 0.152. The zero-order valence-corrected chi connectivity index (χ0v) is 18.8. The summed E-state index contributed by atoms with van der Waals surface area (Å²) in [6, 6.07) is 9.89. The van der Waals surface area contributed by atoms with Crippen molar-refractivity contribution in [3.63, 3.8) is 0 Å². The maximum atomic E-state index is 12.0. The Morgan fingerprint density at radius 2 is 2.00 bits per heavy atom. The fourth-order valence-corrected chi connectivity index (χ4v) is 9.42. The Balaban J connectivity index is 1.55. The molecule has 4 saturated heterocycles. The lowest BCUT2D eigenvalue weighted by Crippen LogP contribution is -2.83. The molecular formula is C26H37N2O2+. The number of anilines is 1. The van der Waals surface area contributed by atoms with Gasteiger partial charge in [-0.1, -0.05) is 36.8 Å². The first-order valence-corrected chi connectivity index (χ1v) is 12.1. The number of nitrogens with zero attached hydrogens (tertiary/aromatic N) is 2. The third-order valence-corrected chi connectivity index (χ3v) is 10.2. The summed E-state index contributed by atoms with van der Waals surface area (Å²) in [6.07, 6.45) is 5.99. The summed E-state index contributed by atoms with van der Waals surface area (Å²) in [7, 11) is 2.24. The second kappa shape index (κ2) is 6.11. The number of para-hydroxylation sites is 1. The summed E-state index contributed by atoms with van der Waals surface area (Å²) in [5.74, 6) is 1.10. The van der Waals surface area contributed by atoms with Gasteiger partial charge in [0.1, 0.15) is 6.04 Å². The van der Waals surface area contributed by atoms with Gasteiger partial charge in [-0.25, -0.2) is 0 Å². The SMILES string of the molecule is CC[C@H]1[C@@H]2CC3[C@@H]4N(C)c5ccccc5C45C[C@@H](C2[C@@H]5O)[N+]3(CCC=C(C)C)[C@@H]1O. The quantitative estimate of drug-likeness (QED) is 0.592. The zero-order chi connectivity index (χ0) is 21.0. The normalized spacial score (nSPS) is 49.3. The molecule has 0 aromatic heterocycles. The van der Waals surface area contributed by atoms with Crippen molar-refractivity contribution in [1.29, 1.82) is 0 Å². The van der Waals surface area contributed by atoms with Gasteiger partial charge < -0.3 is 15.1 Å². The van der Waals surface area contributed by atoms with Crippen LogP contribution in [0.4, 0.5) is 5.69 Å². The number of piperidine rings is 4. The molecule has 1 saturated carbocycles. The van der Waals surface area contributed by atoms with E-state index in [1.165, 1.54) is 16.8 Å². The van der Waals surface area contributed by atoms with E-state index >= 15 is 0 Å². The molecule has 0 radical (unpaired) electrons. The summed E-state index contributed by atoms with van der Waals surface area (Å²) in [4.78, 5) is 2.48. The molecule has 5 aliphatic heterocycles. The Kier molecular flexibility index (Phi) is 3.94. The van der Waals surface area contributed by atoms with Crippen molar-refractivity contribution < 1.29 is 14.7 Å². The van der Waals surface area contributed by atoms with E-state index in [-0.39, 0.29) is 23.8 Å². The molecular weight excluding hydrogens is 372 g/mol. The van der Waals surface area contributed by atoms with Crippen LogP contribution in [-0.4, -0.2) is 58.7 Å². The number of aliphatic hydroxyl groups is 2. The van der Waals surface area contributed by atoms with Crippen LogP contribution in [0.15, 0.2) is 35.9 Å². The highest BCUT2D eigenvalue weighted by Gasteiger charge is 2.82. The fourth-order valence-electron chi connectivity index (χ4n) is 9.42. The Labute approximate surface area is 180 Å². The van der Waals surface area contributed by atoms with Crippen molar-refractivity contribution >= 4 is 5.69 Å². The molecule has 10 atom stereocenters. The molecule has 0 amide bonds. The van der Waals surface area contributed by atoms with Gasteiger partial charge >= 0.3 is 0 Å². The molecule has 5 bridgehead atoms. The summed E-state index contributed by atoms with van der Waals surface area (Å²) >= 11 is 0. The molecule has 1 aromatic rings. The van der Waals surface area contributed by atoms with Gasteiger partial charge in [0.25, 0.3) is 0 Å². The number of rotatable bonds is 4. The number of benzene rings is 1. The molecule has 2 N–H and O–H groups in total. The highest BCUT2D eigenvalue weighted by Crippen LogP contribution is 2.71. The highest BCUT2D eigenvalue weighted by atomic mass is 16.3. The predicted molar refractivity (Wildman–Crippen MR) is 119 cm³/mol. The first-order valence-electron chi connectivity index (χ1n) is 12.1. The lowest BCUT2D eigenvalue weighted by atomic mass is 9.60. The molecule has 4 heteroatoms. The van der Waals surface area contributed by atoms with E-state index in [9.17, 15) is 10.2 Å². The third kappa shape index (κ3) is 1.91. The molecule has 30 heavy (non-hydrogen) atoms. The zero-order valence-electron chi connectivity index (χ0n) is 18.8. The predicted octanol–water partition coefficient (Wildman–Crippen LogP) is 3.43. The van der Waals surface area contributed by atoms with Crippen LogP contribution in [0.1, 0.15) is 52.0 Å². The standard InChI is InChI=1S/C26H37N2O2/c1-5-16-17-13-20-23-26(18-10-6-7-11-19(18)27(23)4)14-21(22(17)24(26)29)28(20,25(16)30)12-8-9-15(2)3/h6-7,9-11,16-17,20-25,29-30H,5,8,12-14H2,1-4H3/q+1/t16-,17-,20?,21-,22?,23-,24-,25+,26?,28?/m0/s1. The first-order chi connectivity index (χ1) is 14.4. The molecule has 6 aliphatic rings. The number of aliphatic hydroxyl groups excluding tert-OH is 2. The average Bonchev–Trinajstić information content (AvgIpc) is 3.11. The van der Waals surface area contributed by atoms with Gasteiger partial charge in [0.15, 0.2) is 6.23 Å². The van der Waals surface area contributed by atoms with Crippen molar-refractivity contribution in [2.24, 2.45) is 17.8 Å². The smallest absolute Gasteiger partial charge is 0.194 e. The molecule has 4 unspecified atom stereocenters. The van der Waals surface area contributed by atoms with Gasteiger partial charge in [0, 0.05) is 43.8 Å². The average molecular weight is 410 g/mol. The molecule has 162 valence electrons. The van der Waals surface area contributed by atoms with Crippen LogP contribution in [0.2, 0.25) is 0 Å². The van der Waals surface area contributed by atoms with Gasteiger partial charge in [-0.2, -0.15) is 0 Å². The summed E-state index contributed by atoms with van der Waals surface area (Å²) in [6.45, 7) is 7.59. The lowest BCUT2D eigenvalue weighted by molar-refractivity contribution is -1.04. The monoisotopic (exact) mass is 409 g/mol. The van der Waals surface area contributed by atoms with E-state index < -0.39 is 0 Å². The Morgan fingerprint density at radius 3 is 2.73 bits per heavy atom. The number of likely N-dealkylation sites (N-methyl/N-ethyl adjacent to an activating group) is 1. The minimum Gasteiger partial charge on any atom is -0.392 e. The molecule has 5 fully saturated rings. The minimum atomic E-state index is -0.293. The van der Waals surface area contributed by atoms with E-state index in [0.29, 0.717) is 29.8 Å². The van der Waals surface area contributed by atoms with Crippen LogP contribution in [0, 0.1) is 17.8 Å². The van der Waals surface area contributed by atoms with E-state index in [1.54, 1.807) is 0 Å². The van der Waals surface area contributed by atoms with Crippen LogP contribution in [0.5, 0.6) is 0 Å². The number of quaternary nitrogens is 1. The van der Waals surface area contributed by atoms with Gasteiger partial charge in [-0.05, 0) is 37.8 Å². The maximum absolute atomic E-state index is 12.0. The van der Waals surface area contributed by atoms with Crippen molar-refractivity contribution in [3.05, 3.63) is 41.5 Å². The van der Waals surface area contributed by atoms with Crippen LogP contribution < -0.4 is 4.90 Å². The van der Waals surface area contributed by atoms with Crippen LogP contribution in [0.3, 0.4) is 0 Å². The Hall–Kier alpha value is -1.36. The largest absolute Gasteiger partial charge is 0.392 e. The molecule has 5 heterocycles. The fraction of sp³-hybridized carbons (Fsp3) is 0.692. The number of hydrogen-bond donors (Lipinski definition) is 2. The Morgan fingerprint density at radius 1 is 1.23 bits per heavy atom. The topological polar surface area (TPSA) is 43.7 Å². The van der Waals surface area contributed by atoms with Gasteiger partial charge in [-0.3, -0.25) is 4.48 Å². The van der Waals surface area contributed by atoms with Gasteiger partial charge in [0.2, 0.25) is 0 Å². The van der Waals surface area contributed by atoms with Gasteiger partial charge in [-0.15, -0.1) is 0 Å². The van der Waals surface area contributed by atoms with Crippen molar-refractivity contribution in [2.45, 2.75) is 82.3 Å². The van der Waals surface area contributed by atoms with E-state index in [2.05, 4.69) is 63.1 Å². The molecule has 7 rings (SSSR count). The van der Waals surface area contributed by atoms with E-state index in [0.717, 1.165) is 36.7 Å². The van der Waals surface area contributed by atoms with Crippen molar-refractivity contribution in [1.82, 2.24) is 0 Å². The van der Waals surface area contributed by atoms with Crippen LogP contribution >= 0.6 is 0 Å². The molecule has 1 aromatic carbocycles. The Bertz CT molecular complexity index is 910. The van der Waals surface area contributed by atoms with Gasteiger partial charge in [0.05, 0.1) is 30.1 Å². The maximum Gasteiger partial charge on any atom is 0.194 e. The second-order valence-corrected chi connectivity index (χ2v) is 11.1. The number of fused-ring (bicyclic) bond motifs is 2. The number of allylic oxidation sites excluding steroid dienone is 1. The highest BCUT2D eigenvalue weighted by molar-refractivity contribution is 5.66. The van der Waals surface area contributed by atoms with Crippen molar-refractivity contribution in [3.8, 4) is 0 Å². The van der Waals surface area contributed by atoms with E-state index in [4.69, 9.17) is 0 Å². The summed E-state index contributed by atoms with van der Waals surface area (Å²) in [5.41, 5.74) is 3.88. The lowest BCUT2D eigenvalue weighted by Gasteiger charge is -2.68.